The molecule has 0 spiro atoms. The summed E-state index contributed by atoms with van der Waals surface area (Å²) < 4.78 is 0. The monoisotopic (exact) mass is 239 g/mol. The maximum atomic E-state index is 3.51. The molecule has 0 aliphatic rings. The lowest BCUT2D eigenvalue weighted by Gasteiger charge is -2.15. The van der Waals surface area contributed by atoms with Crippen LogP contribution in [0, 0.1) is 0 Å². The molecule has 0 aliphatic heterocycles. The fourth-order valence-corrected chi connectivity index (χ4v) is 2.62. The average Bonchev–Trinajstić information content (AvgIpc) is 2.65. The minimum atomic E-state index is 0.297. The molecule has 0 saturated heterocycles. The van der Waals surface area contributed by atoms with Gasteiger partial charge in [0.25, 0.3) is 0 Å². The van der Waals surface area contributed by atoms with E-state index >= 15 is 0 Å². The molecule has 1 N–H and O–H groups in total. The predicted molar refractivity (Wildman–Crippen MR) is 74.3 cm³/mol. The second kappa shape index (κ2) is 6.41. The van der Waals surface area contributed by atoms with Gasteiger partial charge in [0.15, 0.2) is 0 Å². The van der Waals surface area contributed by atoms with E-state index in [0.29, 0.717) is 5.41 Å². The van der Waals surface area contributed by atoms with Crippen molar-refractivity contribution in [3.05, 3.63) is 21.9 Å². The van der Waals surface area contributed by atoms with E-state index in [9.17, 15) is 0 Å². The first-order chi connectivity index (χ1) is 7.54. The molecular formula is C14H25NS. The minimum Gasteiger partial charge on any atom is -0.312 e. The molecule has 2 heteroatoms. The highest BCUT2D eigenvalue weighted by molar-refractivity contribution is 7.12. The second-order valence-electron chi connectivity index (χ2n) is 5.40. The van der Waals surface area contributed by atoms with Gasteiger partial charge in [-0.1, -0.05) is 40.5 Å². The van der Waals surface area contributed by atoms with E-state index in [4.69, 9.17) is 0 Å². The summed E-state index contributed by atoms with van der Waals surface area (Å²) in [7, 11) is 0. The zero-order valence-corrected chi connectivity index (χ0v) is 11.9. The summed E-state index contributed by atoms with van der Waals surface area (Å²) in [6.45, 7) is 11.3. The lowest BCUT2D eigenvalue weighted by molar-refractivity contribution is 0.604. The SMILES string of the molecule is CCCCCNCc1ccc(C(C)(C)C)s1. The van der Waals surface area contributed by atoms with Gasteiger partial charge in [-0.05, 0) is 30.5 Å². The van der Waals surface area contributed by atoms with Gasteiger partial charge in [-0.2, -0.15) is 0 Å². The van der Waals surface area contributed by atoms with Crippen LogP contribution in [0.3, 0.4) is 0 Å². The van der Waals surface area contributed by atoms with E-state index in [0.717, 1.165) is 13.1 Å². The Morgan fingerprint density at radius 3 is 2.50 bits per heavy atom. The molecule has 1 aromatic heterocycles. The van der Waals surface area contributed by atoms with Gasteiger partial charge in [0.05, 0.1) is 0 Å². The molecule has 0 aromatic carbocycles. The predicted octanol–water partition coefficient (Wildman–Crippen LogP) is 4.33. The Balaban J connectivity index is 2.30. The molecule has 1 rings (SSSR count). The highest BCUT2D eigenvalue weighted by atomic mass is 32.1. The molecule has 0 amide bonds. The van der Waals surface area contributed by atoms with E-state index in [1.54, 1.807) is 0 Å². The largest absolute Gasteiger partial charge is 0.312 e. The van der Waals surface area contributed by atoms with Gasteiger partial charge in [-0.25, -0.2) is 0 Å². The summed E-state index contributed by atoms with van der Waals surface area (Å²) in [5, 5.41) is 3.51. The summed E-state index contributed by atoms with van der Waals surface area (Å²) in [6.07, 6.45) is 3.94. The number of rotatable bonds is 6. The van der Waals surface area contributed by atoms with Crippen LogP contribution in [0.5, 0.6) is 0 Å². The lowest BCUT2D eigenvalue weighted by atomic mass is 9.95. The van der Waals surface area contributed by atoms with Crippen LogP contribution >= 0.6 is 11.3 Å². The summed E-state index contributed by atoms with van der Waals surface area (Å²) in [5.74, 6) is 0. The van der Waals surface area contributed by atoms with E-state index in [1.807, 2.05) is 11.3 Å². The van der Waals surface area contributed by atoms with Gasteiger partial charge < -0.3 is 5.32 Å². The van der Waals surface area contributed by atoms with Crippen LogP contribution in [0.25, 0.3) is 0 Å². The van der Waals surface area contributed by atoms with Crippen molar-refractivity contribution < 1.29 is 0 Å². The van der Waals surface area contributed by atoms with E-state index < -0.39 is 0 Å². The maximum Gasteiger partial charge on any atom is 0.0299 e. The Kier molecular flexibility index (Phi) is 5.50. The van der Waals surface area contributed by atoms with Crippen molar-refractivity contribution in [2.75, 3.05) is 6.54 Å². The Morgan fingerprint density at radius 2 is 1.94 bits per heavy atom. The van der Waals surface area contributed by atoms with Crippen LogP contribution < -0.4 is 5.32 Å². The van der Waals surface area contributed by atoms with Crippen molar-refractivity contribution in [3.8, 4) is 0 Å². The number of nitrogens with one attached hydrogen (secondary N) is 1. The summed E-state index contributed by atoms with van der Waals surface area (Å²) in [6, 6.07) is 4.53. The Hall–Kier alpha value is -0.340. The Bertz CT molecular complexity index is 296. The first-order valence-electron chi connectivity index (χ1n) is 6.34. The normalized spacial score (nSPS) is 12.0. The molecule has 0 fully saturated rings. The van der Waals surface area contributed by atoms with Crippen LogP contribution in [-0.4, -0.2) is 6.54 Å². The van der Waals surface area contributed by atoms with Crippen LogP contribution in [0.2, 0.25) is 0 Å². The van der Waals surface area contributed by atoms with Crippen molar-refractivity contribution >= 4 is 11.3 Å². The zero-order chi connectivity index (χ0) is 12.0. The summed E-state index contributed by atoms with van der Waals surface area (Å²) in [4.78, 5) is 2.94. The van der Waals surface area contributed by atoms with Crippen LogP contribution in [0.4, 0.5) is 0 Å². The third-order valence-corrected chi connectivity index (χ3v) is 4.17. The van der Waals surface area contributed by atoms with Crippen LogP contribution in [0.15, 0.2) is 12.1 Å². The molecule has 0 bridgehead atoms. The second-order valence-corrected chi connectivity index (χ2v) is 6.57. The zero-order valence-electron chi connectivity index (χ0n) is 11.1. The molecular weight excluding hydrogens is 214 g/mol. The van der Waals surface area contributed by atoms with Crippen molar-refractivity contribution in [1.29, 1.82) is 0 Å². The molecule has 1 heterocycles. The van der Waals surface area contributed by atoms with Gasteiger partial charge >= 0.3 is 0 Å². The first-order valence-corrected chi connectivity index (χ1v) is 7.15. The van der Waals surface area contributed by atoms with Crippen LogP contribution in [-0.2, 0) is 12.0 Å². The first kappa shape index (κ1) is 13.7. The topological polar surface area (TPSA) is 12.0 Å². The van der Waals surface area contributed by atoms with Gasteiger partial charge in [-0.15, -0.1) is 11.3 Å². The third-order valence-electron chi connectivity index (χ3n) is 2.66. The number of unbranched alkanes of at least 4 members (excludes halogenated alkanes) is 2. The molecule has 92 valence electrons. The number of hydrogen-bond acceptors (Lipinski definition) is 2. The molecule has 0 saturated carbocycles. The highest BCUT2D eigenvalue weighted by Gasteiger charge is 2.15. The van der Waals surface area contributed by atoms with E-state index in [2.05, 4.69) is 45.1 Å². The lowest BCUT2D eigenvalue weighted by Crippen LogP contribution is -2.13. The smallest absolute Gasteiger partial charge is 0.0299 e. The maximum absolute atomic E-state index is 3.51. The van der Waals surface area contributed by atoms with Crippen LogP contribution in [0.1, 0.15) is 56.7 Å². The quantitative estimate of drug-likeness (QED) is 0.729. The van der Waals surface area contributed by atoms with Crippen molar-refractivity contribution in [2.45, 2.75) is 58.9 Å². The fraction of sp³-hybridized carbons (Fsp3) is 0.714. The highest BCUT2D eigenvalue weighted by Crippen LogP contribution is 2.29. The third kappa shape index (κ3) is 4.67. The number of thiophene rings is 1. The molecule has 0 aliphatic carbocycles. The summed E-state index contributed by atoms with van der Waals surface area (Å²) >= 11 is 1.94. The minimum absolute atomic E-state index is 0.297. The number of hydrogen-bond donors (Lipinski definition) is 1. The molecule has 0 radical (unpaired) electrons. The van der Waals surface area contributed by atoms with Crippen molar-refractivity contribution in [3.63, 3.8) is 0 Å². The van der Waals surface area contributed by atoms with Gasteiger partial charge in [0.1, 0.15) is 0 Å². The Labute approximate surface area is 104 Å². The van der Waals surface area contributed by atoms with E-state index in [1.165, 1.54) is 29.0 Å². The average molecular weight is 239 g/mol. The molecule has 0 atom stereocenters. The van der Waals surface area contributed by atoms with Crippen molar-refractivity contribution in [1.82, 2.24) is 5.32 Å². The molecule has 1 aromatic rings. The molecule has 1 nitrogen and oxygen atoms in total. The van der Waals surface area contributed by atoms with Gasteiger partial charge in [0, 0.05) is 16.3 Å². The molecule has 0 unspecified atom stereocenters. The van der Waals surface area contributed by atoms with Crippen molar-refractivity contribution in [2.24, 2.45) is 0 Å². The van der Waals surface area contributed by atoms with E-state index in [-0.39, 0.29) is 0 Å². The Morgan fingerprint density at radius 1 is 1.19 bits per heavy atom. The van der Waals surface area contributed by atoms with Gasteiger partial charge in [-0.3, -0.25) is 0 Å². The molecule has 16 heavy (non-hydrogen) atoms. The fourth-order valence-electron chi connectivity index (χ4n) is 1.59. The van der Waals surface area contributed by atoms with Gasteiger partial charge in [0.2, 0.25) is 0 Å². The summed E-state index contributed by atoms with van der Waals surface area (Å²) in [5.41, 5.74) is 0.297. The standard InChI is InChI=1S/C14H25NS/c1-5-6-7-10-15-11-12-8-9-13(16-12)14(2,3)4/h8-9,15H,5-7,10-11H2,1-4H3.